The van der Waals surface area contributed by atoms with E-state index in [0.717, 1.165) is 18.0 Å². The first-order chi connectivity index (χ1) is 10.1. The quantitative estimate of drug-likeness (QED) is 0.759. The molecule has 0 heterocycles. The summed E-state index contributed by atoms with van der Waals surface area (Å²) < 4.78 is 10.8. The Morgan fingerprint density at radius 2 is 1.81 bits per heavy atom. The summed E-state index contributed by atoms with van der Waals surface area (Å²) >= 11 is 0. The summed E-state index contributed by atoms with van der Waals surface area (Å²) in [6.07, 6.45) is 2.34. The van der Waals surface area contributed by atoms with Gasteiger partial charge in [-0.2, -0.15) is 0 Å². The molecule has 4 heteroatoms. The van der Waals surface area contributed by atoms with Crippen LogP contribution in [0, 0.1) is 0 Å². The number of nitrogens with zero attached hydrogens (tertiary/aromatic N) is 1. The average Bonchev–Trinajstić information content (AvgIpc) is 2.53. The Morgan fingerprint density at radius 1 is 1.14 bits per heavy atom. The lowest BCUT2D eigenvalue weighted by Gasteiger charge is -2.31. The normalized spacial score (nSPS) is 12.8. The Bertz CT molecular complexity index is 419. The van der Waals surface area contributed by atoms with Crippen LogP contribution in [0.15, 0.2) is 18.2 Å². The standard InChI is InChI=1S/C17H30N2O2/c1-7-13(8-2)19(4)12-16(18-3)15-10-9-14(20-5)11-17(15)21-6/h9-11,13,16,18H,7-8,12H2,1-6H3. The van der Waals surface area contributed by atoms with Gasteiger partial charge in [0.2, 0.25) is 0 Å². The maximum Gasteiger partial charge on any atom is 0.127 e. The Labute approximate surface area is 129 Å². The highest BCUT2D eigenvalue weighted by molar-refractivity contribution is 5.42. The molecule has 0 bridgehead atoms. The number of rotatable bonds is 9. The first-order valence-corrected chi connectivity index (χ1v) is 7.70. The number of hydrogen-bond donors (Lipinski definition) is 1. The fourth-order valence-corrected chi connectivity index (χ4v) is 2.80. The molecule has 21 heavy (non-hydrogen) atoms. The molecule has 1 aromatic carbocycles. The zero-order valence-corrected chi connectivity index (χ0v) is 14.3. The van der Waals surface area contributed by atoms with Gasteiger partial charge in [-0.3, -0.25) is 0 Å². The van der Waals surface area contributed by atoms with Gasteiger partial charge in [0.15, 0.2) is 0 Å². The molecule has 0 amide bonds. The smallest absolute Gasteiger partial charge is 0.127 e. The van der Waals surface area contributed by atoms with E-state index >= 15 is 0 Å². The molecule has 0 saturated heterocycles. The maximum absolute atomic E-state index is 5.53. The van der Waals surface area contributed by atoms with Crippen molar-refractivity contribution in [1.82, 2.24) is 10.2 Å². The minimum Gasteiger partial charge on any atom is -0.497 e. The lowest BCUT2D eigenvalue weighted by atomic mass is 10.0. The van der Waals surface area contributed by atoms with Gasteiger partial charge in [0, 0.05) is 30.3 Å². The molecule has 0 radical (unpaired) electrons. The monoisotopic (exact) mass is 294 g/mol. The molecule has 1 aromatic rings. The number of likely N-dealkylation sites (N-methyl/N-ethyl adjacent to an activating group) is 2. The molecular formula is C17H30N2O2. The number of nitrogens with one attached hydrogen (secondary N) is 1. The molecule has 0 saturated carbocycles. The molecule has 1 atom stereocenters. The Hall–Kier alpha value is -1.26. The number of methoxy groups -OCH3 is 2. The summed E-state index contributed by atoms with van der Waals surface area (Å²) in [5.41, 5.74) is 1.17. The molecule has 0 aromatic heterocycles. The third-order valence-corrected chi connectivity index (χ3v) is 4.20. The van der Waals surface area contributed by atoms with Crippen LogP contribution in [-0.2, 0) is 0 Å². The van der Waals surface area contributed by atoms with Crippen LogP contribution in [0.25, 0.3) is 0 Å². The van der Waals surface area contributed by atoms with Gasteiger partial charge in [0.1, 0.15) is 11.5 Å². The Morgan fingerprint density at radius 3 is 2.29 bits per heavy atom. The van der Waals surface area contributed by atoms with Crippen LogP contribution >= 0.6 is 0 Å². The number of hydrogen-bond acceptors (Lipinski definition) is 4. The largest absolute Gasteiger partial charge is 0.497 e. The van der Waals surface area contributed by atoms with Gasteiger partial charge in [-0.05, 0) is 33.0 Å². The molecule has 120 valence electrons. The highest BCUT2D eigenvalue weighted by atomic mass is 16.5. The van der Waals surface area contributed by atoms with Crippen LogP contribution < -0.4 is 14.8 Å². The predicted octanol–water partition coefficient (Wildman–Crippen LogP) is 3.08. The summed E-state index contributed by atoms with van der Waals surface area (Å²) in [6.45, 7) is 5.44. The lowest BCUT2D eigenvalue weighted by molar-refractivity contribution is 0.207. The first kappa shape index (κ1) is 17.8. The van der Waals surface area contributed by atoms with E-state index in [2.05, 4.69) is 37.2 Å². The highest BCUT2D eigenvalue weighted by Crippen LogP contribution is 2.30. The van der Waals surface area contributed by atoms with E-state index in [1.807, 2.05) is 19.2 Å². The molecule has 1 rings (SSSR count). The van der Waals surface area contributed by atoms with Crippen molar-refractivity contribution in [2.75, 3.05) is 34.9 Å². The molecular weight excluding hydrogens is 264 g/mol. The molecule has 1 N–H and O–H groups in total. The molecule has 0 aliphatic heterocycles. The van der Waals surface area contributed by atoms with Crippen molar-refractivity contribution >= 4 is 0 Å². The third kappa shape index (κ3) is 4.61. The highest BCUT2D eigenvalue weighted by Gasteiger charge is 2.20. The number of benzene rings is 1. The van der Waals surface area contributed by atoms with E-state index in [1.165, 1.54) is 18.4 Å². The van der Waals surface area contributed by atoms with Crippen LogP contribution in [0.2, 0.25) is 0 Å². The van der Waals surface area contributed by atoms with Crippen molar-refractivity contribution in [3.8, 4) is 11.5 Å². The molecule has 0 aliphatic carbocycles. The van der Waals surface area contributed by atoms with Crippen LogP contribution in [0.5, 0.6) is 11.5 Å². The summed E-state index contributed by atoms with van der Waals surface area (Å²) in [7, 11) is 7.56. The van der Waals surface area contributed by atoms with Crippen molar-refractivity contribution in [3.05, 3.63) is 23.8 Å². The molecule has 4 nitrogen and oxygen atoms in total. The van der Waals surface area contributed by atoms with Gasteiger partial charge >= 0.3 is 0 Å². The fraction of sp³-hybridized carbons (Fsp3) is 0.647. The third-order valence-electron chi connectivity index (χ3n) is 4.20. The maximum atomic E-state index is 5.53. The van der Waals surface area contributed by atoms with Gasteiger partial charge in [0.05, 0.1) is 14.2 Å². The Balaban J connectivity index is 2.94. The number of ether oxygens (including phenoxy) is 2. The van der Waals surface area contributed by atoms with E-state index in [9.17, 15) is 0 Å². The SMILES string of the molecule is CCC(CC)N(C)CC(NC)c1ccc(OC)cc1OC. The van der Waals surface area contributed by atoms with E-state index in [-0.39, 0.29) is 6.04 Å². The molecule has 0 fully saturated rings. The topological polar surface area (TPSA) is 33.7 Å². The summed E-state index contributed by atoms with van der Waals surface area (Å²) in [5, 5.41) is 3.40. The Kier molecular flexibility index (Phi) is 7.54. The second-order valence-electron chi connectivity index (χ2n) is 5.36. The van der Waals surface area contributed by atoms with E-state index in [4.69, 9.17) is 9.47 Å². The first-order valence-electron chi connectivity index (χ1n) is 7.70. The van der Waals surface area contributed by atoms with Gasteiger partial charge in [-0.15, -0.1) is 0 Å². The zero-order chi connectivity index (χ0) is 15.8. The van der Waals surface area contributed by atoms with Crippen LogP contribution in [0.1, 0.15) is 38.3 Å². The predicted molar refractivity (Wildman–Crippen MR) is 88.3 cm³/mol. The van der Waals surface area contributed by atoms with Crippen molar-refractivity contribution < 1.29 is 9.47 Å². The minimum absolute atomic E-state index is 0.233. The van der Waals surface area contributed by atoms with Crippen molar-refractivity contribution in [2.45, 2.75) is 38.8 Å². The van der Waals surface area contributed by atoms with Crippen LogP contribution in [0.4, 0.5) is 0 Å². The van der Waals surface area contributed by atoms with Crippen molar-refractivity contribution in [1.29, 1.82) is 0 Å². The van der Waals surface area contributed by atoms with E-state index < -0.39 is 0 Å². The van der Waals surface area contributed by atoms with Gasteiger partial charge in [0.25, 0.3) is 0 Å². The van der Waals surface area contributed by atoms with Crippen LogP contribution in [-0.4, -0.2) is 45.8 Å². The summed E-state index contributed by atoms with van der Waals surface area (Å²) in [4.78, 5) is 2.42. The van der Waals surface area contributed by atoms with E-state index in [1.54, 1.807) is 14.2 Å². The fourth-order valence-electron chi connectivity index (χ4n) is 2.80. The second-order valence-corrected chi connectivity index (χ2v) is 5.36. The van der Waals surface area contributed by atoms with Gasteiger partial charge in [-0.1, -0.05) is 19.9 Å². The lowest BCUT2D eigenvalue weighted by Crippen LogP contribution is -2.37. The average molecular weight is 294 g/mol. The zero-order valence-electron chi connectivity index (χ0n) is 14.3. The van der Waals surface area contributed by atoms with Gasteiger partial charge < -0.3 is 19.7 Å². The summed E-state index contributed by atoms with van der Waals surface area (Å²) in [5.74, 6) is 1.69. The van der Waals surface area contributed by atoms with Crippen LogP contribution in [0.3, 0.4) is 0 Å². The van der Waals surface area contributed by atoms with Gasteiger partial charge in [-0.25, -0.2) is 0 Å². The second kappa shape index (κ2) is 8.90. The molecule has 0 aliphatic rings. The minimum atomic E-state index is 0.233. The summed E-state index contributed by atoms with van der Waals surface area (Å²) in [6, 6.07) is 6.86. The molecule has 0 spiro atoms. The van der Waals surface area contributed by atoms with Crippen molar-refractivity contribution in [3.63, 3.8) is 0 Å². The van der Waals surface area contributed by atoms with Crippen molar-refractivity contribution in [2.24, 2.45) is 0 Å². The van der Waals surface area contributed by atoms with E-state index in [0.29, 0.717) is 6.04 Å². The molecule has 1 unspecified atom stereocenters.